The summed E-state index contributed by atoms with van der Waals surface area (Å²) < 4.78 is 57.9. The summed E-state index contributed by atoms with van der Waals surface area (Å²) in [5.74, 6) is -5.35. The van der Waals surface area contributed by atoms with E-state index in [4.69, 9.17) is 5.73 Å². The van der Waals surface area contributed by atoms with Gasteiger partial charge in [0.25, 0.3) is 0 Å². The standard InChI is InChI=1S/C21H15F4N5O/c22-11-1-2-14(26)17(25)16(11)20(31)18-15-10(7-28-21(15)29-18)9-5-12(23)19(13(24)6-9)30-4-3-27-8-30/h1-2,5-7,10,27H,3-4,8,26H2. The van der Waals surface area contributed by atoms with Gasteiger partial charge in [-0.05, 0) is 29.8 Å². The fraction of sp³-hybridized carbons (Fsp3) is 0.190. The number of halogens is 4. The minimum atomic E-state index is -1.18. The van der Waals surface area contributed by atoms with Gasteiger partial charge in [-0.1, -0.05) is 0 Å². The smallest absolute Gasteiger partial charge is 0.217 e. The summed E-state index contributed by atoms with van der Waals surface area (Å²) in [5, 5.41) is 3.00. The molecule has 1 saturated heterocycles. The van der Waals surface area contributed by atoms with E-state index in [9.17, 15) is 22.4 Å². The van der Waals surface area contributed by atoms with Gasteiger partial charge < -0.3 is 10.6 Å². The summed E-state index contributed by atoms with van der Waals surface area (Å²) in [4.78, 5) is 22.3. The van der Waals surface area contributed by atoms with Gasteiger partial charge in [-0.25, -0.2) is 27.5 Å². The fourth-order valence-corrected chi connectivity index (χ4v) is 3.97. The van der Waals surface area contributed by atoms with Crippen LogP contribution in [0.1, 0.15) is 21.8 Å². The predicted octanol–water partition coefficient (Wildman–Crippen LogP) is 2.91. The number of carbonyl (C=O) groups excluding carboxylic acids is 1. The zero-order valence-corrected chi connectivity index (χ0v) is 15.9. The first-order chi connectivity index (χ1) is 14.9. The van der Waals surface area contributed by atoms with E-state index >= 15 is 0 Å². The van der Waals surface area contributed by atoms with Gasteiger partial charge in [0.15, 0.2) is 11.6 Å². The van der Waals surface area contributed by atoms with Crippen LogP contribution in [0.2, 0.25) is 0 Å². The van der Waals surface area contributed by atoms with Gasteiger partial charge in [-0.15, -0.1) is 0 Å². The second-order valence-corrected chi connectivity index (χ2v) is 7.36. The Morgan fingerprint density at radius 3 is 2.55 bits per heavy atom. The van der Waals surface area contributed by atoms with Crippen LogP contribution in [0.25, 0.3) is 0 Å². The molecule has 3 heterocycles. The molecule has 3 aliphatic rings. The lowest BCUT2D eigenvalue weighted by Gasteiger charge is -2.23. The number of carbonyl (C=O) groups is 1. The Morgan fingerprint density at radius 2 is 1.87 bits per heavy atom. The molecule has 1 unspecified atom stereocenters. The average Bonchev–Trinajstić information content (AvgIpc) is 3.33. The number of anilines is 2. The van der Waals surface area contributed by atoms with Crippen molar-refractivity contribution in [2.45, 2.75) is 5.92 Å². The lowest BCUT2D eigenvalue weighted by Crippen LogP contribution is -2.28. The molecular formula is C21H15F4N5O. The lowest BCUT2D eigenvalue weighted by molar-refractivity contribution is 0.105. The molecule has 0 saturated carbocycles. The van der Waals surface area contributed by atoms with E-state index in [1.807, 2.05) is 0 Å². The van der Waals surface area contributed by atoms with E-state index in [2.05, 4.69) is 15.3 Å². The van der Waals surface area contributed by atoms with Crippen LogP contribution in [-0.2, 0) is 0 Å². The van der Waals surface area contributed by atoms with Gasteiger partial charge in [-0.2, -0.15) is 0 Å². The molecule has 0 amide bonds. The van der Waals surface area contributed by atoms with Crippen LogP contribution in [0.4, 0.5) is 28.9 Å². The van der Waals surface area contributed by atoms with Crippen molar-refractivity contribution in [1.82, 2.24) is 5.32 Å². The van der Waals surface area contributed by atoms with Crippen molar-refractivity contribution in [1.29, 1.82) is 0 Å². The molecule has 0 bridgehead atoms. The van der Waals surface area contributed by atoms with Crippen LogP contribution < -0.4 is 16.0 Å². The monoisotopic (exact) mass is 429 g/mol. The summed E-state index contributed by atoms with van der Waals surface area (Å²) >= 11 is 0. The van der Waals surface area contributed by atoms with Crippen LogP contribution in [0.15, 0.2) is 45.6 Å². The van der Waals surface area contributed by atoms with Crippen molar-refractivity contribution in [3.63, 3.8) is 0 Å². The van der Waals surface area contributed by atoms with Crippen molar-refractivity contribution in [2.24, 2.45) is 9.98 Å². The number of hydrogen-bond acceptors (Lipinski definition) is 6. The van der Waals surface area contributed by atoms with E-state index in [1.54, 1.807) is 4.90 Å². The van der Waals surface area contributed by atoms with Crippen LogP contribution in [-0.4, -0.2) is 37.5 Å². The molecular weight excluding hydrogens is 414 g/mol. The molecule has 158 valence electrons. The summed E-state index contributed by atoms with van der Waals surface area (Å²) in [6.07, 6.45) is 1.39. The van der Waals surface area contributed by atoms with E-state index in [0.717, 1.165) is 12.1 Å². The first-order valence-corrected chi connectivity index (χ1v) is 9.47. The van der Waals surface area contributed by atoms with Gasteiger partial charge in [0.05, 0.1) is 23.8 Å². The zero-order chi connectivity index (χ0) is 21.9. The second-order valence-electron chi connectivity index (χ2n) is 7.36. The van der Waals surface area contributed by atoms with E-state index in [-0.39, 0.29) is 34.0 Å². The zero-order valence-electron chi connectivity index (χ0n) is 15.9. The number of aliphatic imine (C=N–C) groups is 2. The number of ketones is 1. The summed E-state index contributed by atoms with van der Waals surface area (Å²) in [5.41, 5.74) is 4.37. The third-order valence-electron chi connectivity index (χ3n) is 5.51. The predicted molar refractivity (Wildman–Crippen MR) is 107 cm³/mol. The van der Waals surface area contributed by atoms with Gasteiger partial charge >= 0.3 is 0 Å². The van der Waals surface area contributed by atoms with Crippen molar-refractivity contribution in [3.8, 4) is 0 Å². The second kappa shape index (κ2) is 7.02. The lowest BCUT2D eigenvalue weighted by atomic mass is 9.84. The third kappa shape index (κ3) is 2.94. The fourth-order valence-electron chi connectivity index (χ4n) is 3.97. The number of nitrogen functional groups attached to an aromatic ring is 1. The Morgan fingerprint density at radius 1 is 1.13 bits per heavy atom. The number of benzene rings is 2. The van der Waals surface area contributed by atoms with Gasteiger partial charge in [0.1, 0.15) is 28.9 Å². The quantitative estimate of drug-likeness (QED) is 0.445. The topological polar surface area (TPSA) is 83.1 Å². The first kappa shape index (κ1) is 19.4. The van der Waals surface area contributed by atoms with Crippen LogP contribution in [0, 0.1) is 23.3 Å². The molecule has 10 heteroatoms. The SMILES string of the molecule is Nc1ccc(F)c(C(=O)C2=NC3=C2C(c2cc(F)c(N4CCNC4)c(F)c2)C=N3)c1F. The van der Waals surface area contributed by atoms with E-state index < -0.39 is 40.5 Å². The maximum atomic E-state index is 14.7. The molecule has 1 atom stereocenters. The highest BCUT2D eigenvalue weighted by Crippen LogP contribution is 2.41. The normalized spacial score (nSPS) is 19.5. The Bertz CT molecular complexity index is 1210. The maximum absolute atomic E-state index is 14.7. The van der Waals surface area contributed by atoms with Crippen LogP contribution >= 0.6 is 0 Å². The largest absolute Gasteiger partial charge is 0.396 e. The maximum Gasteiger partial charge on any atom is 0.217 e. The molecule has 0 spiro atoms. The van der Waals surface area contributed by atoms with E-state index in [1.165, 1.54) is 18.3 Å². The van der Waals surface area contributed by atoms with Gasteiger partial charge in [0.2, 0.25) is 5.78 Å². The van der Waals surface area contributed by atoms with Gasteiger partial charge in [0, 0.05) is 24.9 Å². The molecule has 1 fully saturated rings. The Balaban J connectivity index is 1.47. The minimum absolute atomic E-state index is 0.139. The number of hydrogen-bond donors (Lipinski definition) is 2. The average molecular weight is 429 g/mol. The number of rotatable bonds is 4. The highest BCUT2D eigenvalue weighted by molar-refractivity contribution is 6.54. The minimum Gasteiger partial charge on any atom is -0.396 e. The first-order valence-electron chi connectivity index (χ1n) is 9.47. The van der Waals surface area contributed by atoms with Crippen LogP contribution in [0.3, 0.4) is 0 Å². The molecule has 0 aliphatic carbocycles. The van der Waals surface area contributed by atoms with Crippen molar-refractivity contribution in [3.05, 3.63) is 70.1 Å². The van der Waals surface area contributed by atoms with Crippen molar-refractivity contribution < 1.29 is 22.4 Å². The van der Waals surface area contributed by atoms with Crippen molar-refractivity contribution >= 4 is 29.1 Å². The number of nitrogens with two attached hydrogens (primary N) is 1. The Labute approximate surface area is 173 Å². The highest BCUT2D eigenvalue weighted by Gasteiger charge is 2.40. The molecule has 2 aromatic rings. The Hall–Kier alpha value is -3.53. The summed E-state index contributed by atoms with van der Waals surface area (Å²) in [6, 6.07) is 4.25. The third-order valence-corrected chi connectivity index (χ3v) is 5.51. The molecule has 5 rings (SSSR count). The number of nitrogens with zero attached hydrogens (tertiary/aromatic N) is 3. The number of allylic oxidation sites excluding steroid dienone is 1. The van der Waals surface area contributed by atoms with Crippen molar-refractivity contribution in [2.75, 3.05) is 30.4 Å². The summed E-state index contributed by atoms with van der Waals surface area (Å²) in [6.45, 7) is 1.41. The number of Topliss-reactive ketones (excluding diaryl/α,β-unsaturated/α-hetero) is 1. The van der Waals surface area contributed by atoms with E-state index in [0.29, 0.717) is 19.8 Å². The van der Waals surface area contributed by atoms with Gasteiger partial charge in [-0.3, -0.25) is 10.1 Å². The molecule has 3 N–H and O–H groups in total. The molecule has 3 aliphatic heterocycles. The molecule has 0 radical (unpaired) electrons. The Kier molecular flexibility index (Phi) is 4.40. The number of nitrogens with one attached hydrogen (secondary N) is 1. The molecule has 0 aromatic heterocycles. The highest BCUT2D eigenvalue weighted by atomic mass is 19.1. The molecule has 31 heavy (non-hydrogen) atoms. The van der Waals surface area contributed by atoms with Crippen LogP contribution in [0.5, 0.6) is 0 Å². The summed E-state index contributed by atoms with van der Waals surface area (Å²) in [7, 11) is 0. The molecule has 6 nitrogen and oxygen atoms in total. The molecule has 2 aromatic carbocycles.